The molecule has 0 saturated carbocycles. The maximum absolute atomic E-state index is 7.53. The maximum Gasteiger partial charge on any atom is 0.145 e. The SMILES string of the molecule is c1ccc(-c2oc3c(cc(N(c4ccccc4)c4ccccc4)c4c5oc(-c6ccccc6)c(-c6ccccc6)c5cc(N(c5ccccc5)c5ccccc5)c34)c2-c2ccccc2)cc1. The summed E-state index contributed by atoms with van der Waals surface area (Å²) in [5.41, 5.74) is 13.6. The lowest BCUT2D eigenvalue weighted by atomic mass is 9.92. The number of fused-ring (bicyclic) bond motifs is 5. The first-order valence-electron chi connectivity index (χ1n) is 22.3. The third-order valence-corrected chi connectivity index (χ3v) is 12.4. The second-order valence-electron chi connectivity index (χ2n) is 16.4. The normalized spacial score (nSPS) is 11.3. The van der Waals surface area contributed by atoms with Crippen molar-refractivity contribution in [3.05, 3.63) is 255 Å². The van der Waals surface area contributed by atoms with E-state index in [-0.39, 0.29) is 0 Å². The first kappa shape index (κ1) is 38.8. The second kappa shape index (κ2) is 16.7. The summed E-state index contributed by atoms with van der Waals surface area (Å²) in [6, 6.07) is 89.5. The van der Waals surface area contributed by atoms with E-state index >= 15 is 0 Å². The zero-order valence-electron chi connectivity index (χ0n) is 36.0. The molecule has 0 saturated heterocycles. The van der Waals surface area contributed by atoms with Gasteiger partial charge in [0.1, 0.15) is 22.7 Å². The van der Waals surface area contributed by atoms with Crippen LogP contribution in [0.1, 0.15) is 0 Å². The van der Waals surface area contributed by atoms with Crippen molar-refractivity contribution in [2.24, 2.45) is 0 Å². The van der Waals surface area contributed by atoms with Crippen LogP contribution in [0.5, 0.6) is 0 Å². The second-order valence-corrected chi connectivity index (χ2v) is 16.4. The zero-order chi connectivity index (χ0) is 43.8. The highest BCUT2D eigenvalue weighted by molar-refractivity contribution is 6.30. The van der Waals surface area contributed by atoms with Gasteiger partial charge in [-0.05, 0) is 71.8 Å². The smallest absolute Gasteiger partial charge is 0.145 e. The van der Waals surface area contributed by atoms with E-state index in [1.807, 2.05) is 0 Å². The molecule has 12 rings (SSSR count). The first-order valence-corrected chi connectivity index (χ1v) is 22.3. The fourth-order valence-electron chi connectivity index (χ4n) is 9.55. The van der Waals surface area contributed by atoms with E-state index in [1.54, 1.807) is 0 Å². The zero-order valence-corrected chi connectivity index (χ0v) is 36.0. The van der Waals surface area contributed by atoms with Gasteiger partial charge in [0.2, 0.25) is 0 Å². The van der Waals surface area contributed by atoms with Crippen molar-refractivity contribution in [2.45, 2.75) is 0 Å². The fourth-order valence-corrected chi connectivity index (χ4v) is 9.55. The van der Waals surface area contributed by atoms with Crippen LogP contribution in [-0.4, -0.2) is 0 Å². The van der Waals surface area contributed by atoms with E-state index in [2.05, 4.69) is 265 Å². The van der Waals surface area contributed by atoms with E-state index in [9.17, 15) is 0 Å². The van der Waals surface area contributed by atoms with Gasteiger partial charge < -0.3 is 18.6 Å². The van der Waals surface area contributed by atoms with Gasteiger partial charge in [0, 0.05) is 55.8 Å². The summed E-state index contributed by atoms with van der Waals surface area (Å²) in [6.07, 6.45) is 0. The minimum Gasteiger partial charge on any atom is -0.455 e. The Hall–Kier alpha value is -8.86. The number of rotatable bonds is 10. The minimum atomic E-state index is 0.764. The number of anilines is 6. The van der Waals surface area contributed by atoms with Crippen molar-refractivity contribution < 1.29 is 8.83 Å². The van der Waals surface area contributed by atoms with E-state index in [0.717, 1.165) is 112 Å². The number of hydrogen-bond acceptors (Lipinski definition) is 4. The van der Waals surface area contributed by atoms with E-state index in [0.29, 0.717) is 0 Å². The Morgan fingerprint density at radius 1 is 0.258 bits per heavy atom. The molecule has 10 aromatic carbocycles. The lowest BCUT2D eigenvalue weighted by Crippen LogP contribution is -2.13. The van der Waals surface area contributed by atoms with Crippen LogP contribution in [-0.2, 0) is 0 Å². The molecule has 0 N–H and O–H groups in total. The molecule has 2 aromatic heterocycles. The molecule has 12 aromatic rings. The standard InChI is InChI=1S/C62H42N2O2/c1-9-25-43(26-10-1)55-51-41-53(63(47-33-17-5-18-34-47)48-35-19-6-20-36-48)58-57(61(51)65-59(55)45-29-13-3-14-30-45)54(64(49-37-21-7-22-38-49)50-39-23-8-24-40-50)42-52-56(44-27-11-2-12-28-44)60(66-62(52)58)46-31-15-4-16-32-46/h1-42H. The molecule has 312 valence electrons. The molecule has 0 spiro atoms. The van der Waals surface area contributed by atoms with Crippen LogP contribution < -0.4 is 9.80 Å². The monoisotopic (exact) mass is 846 g/mol. The van der Waals surface area contributed by atoms with Gasteiger partial charge in [0.05, 0.1) is 22.1 Å². The Balaban J connectivity index is 1.37. The van der Waals surface area contributed by atoms with Crippen LogP contribution in [0.4, 0.5) is 34.1 Å². The van der Waals surface area contributed by atoms with Crippen molar-refractivity contribution in [3.8, 4) is 44.9 Å². The van der Waals surface area contributed by atoms with Gasteiger partial charge in [-0.2, -0.15) is 0 Å². The number of hydrogen-bond donors (Lipinski definition) is 0. The summed E-state index contributed by atoms with van der Waals surface area (Å²) in [5, 5.41) is 3.82. The lowest BCUT2D eigenvalue weighted by Gasteiger charge is -2.30. The Kier molecular flexibility index (Phi) is 9.81. The topological polar surface area (TPSA) is 32.8 Å². The van der Waals surface area contributed by atoms with Crippen molar-refractivity contribution in [1.82, 2.24) is 0 Å². The maximum atomic E-state index is 7.53. The highest BCUT2D eigenvalue weighted by atomic mass is 16.3. The van der Waals surface area contributed by atoms with E-state index < -0.39 is 0 Å². The predicted octanol–water partition coefficient (Wildman–Crippen LogP) is 17.9. The predicted molar refractivity (Wildman–Crippen MR) is 275 cm³/mol. The lowest BCUT2D eigenvalue weighted by molar-refractivity contribution is 0.633. The van der Waals surface area contributed by atoms with Crippen LogP contribution in [0.2, 0.25) is 0 Å². The first-order chi connectivity index (χ1) is 32.8. The van der Waals surface area contributed by atoms with Crippen molar-refractivity contribution >= 4 is 66.8 Å². The summed E-state index contributed by atoms with van der Waals surface area (Å²) in [6.45, 7) is 0. The molecule has 4 nitrogen and oxygen atoms in total. The quantitative estimate of drug-likeness (QED) is 0.137. The summed E-state index contributed by atoms with van der Waals surface area (Å²) >= 11 is 0. The van der Waals surface area contributed by atoms with Gasteiger partial charge in [0.15, 0.2) is 0 Å². The molecule has 2 heterocycles. The molecular weight excluding hydrogens is 805 g/mol. The molecule has 0 radical (unpaired) electrons. The van der Waals surface area contributed by atoms with Gasteiger partial charge in [-0.3, -0.25) is 0 Å². The molecule has 0 unspecified atom stereocenters. The van der Waals surface area contributed by atoms with Crippen LogP contribution in [0.3, 0.4) is 0 Å². The summed E-state index contributed by atoms with van der Waals surface area (Å²) in [7, 11) is 0. The van der Waals surface area contributed by atoms with Crippen molar-refractivity contribution in [2.75, 3.05) is 9.80 Å². The summed E-state index contributed by atoms with van der Waals surface area (Å²) in [4.78, 5) is 4.74. The molecule has 66 heavy (non-hydrogen) atoms. The highest BCUT2D eigenvalue weighted by Crippen LogP contribution is 2.56. The Bertz CT molecular complexity index is 3270. The Morgan fingerprint density at radius 3 is 0.773 bits per heavy atom. The third-order valence-electron chi connectivity index (χ3n) is 12.4. The molecule has 0 aliphatic heterocycles. The number of furan rings is 2. The van der Waals surface area contributed by atoms with E-state index in [4.69, 9.17) is 8.83 Å². The molecule has 0 bridgehead atoms. The van der Waals surface area contributed by atoms with Gasteiger partial charge in [-0.25, -0.2) is 0 Å². The number of nitrogens with zero attached hydrogens (tertiary/aromatic N) is 2. The Morgan fingerprint density at radius 2 is 0.500 bits per heavy atom. The van der Waals surface area contributed by atoms with Gasteiger partial charge in [-0.1, -0.05) is 194 Å². The van der Waals surface area contributed by atoms with Gasteiger partial charge >= 0.3 is 0 Å². The average Bonchev–Trinajstić information content (AvgIpc) is 3.98. The highest BCUT2D eigenvalue weighted by Gasteiger charge is 2.32. The molecule has 4 heteroatoms. The average molecular weight is 847 g/mol. The minimum absolute atomic E-state index is 0.764. The van der Waals surface area contributed by atoms with Crippen molar-refractivity contribution in [3.63, 3.8) is 0 Å². The third kappa shape index (κ3) is 6.72. The van der Waals surface area contributed by atoms with Gasteiger partial charge in [-0.15, -0.1) is 0 Å². The molecule has 0 aliphatic rings. The van der Waals surface area contributed by atoms with Crippen molar-refractivity contribution in [1.29, 1.82) is 0 Å². The molecule has 0 fully saturated rings. The Labute approximate surface area is 383 Å². The molecule has 0 aliphatic carbocycles. The molecule has 0 amide bonds. The fraction of sp³-hybridized carbons (Fsp3) is 0. The van der Waals surface area contributed by atoms with Crippen LogP contribution in [0.25, 0.3) is 77.6 Å². The summed E-state index contributed by atoms with van der Waals surface area (Å²) < 4.78 is 15.1. The van der Waals surface area contributed by atoms with Gasteiger partial charge in [0.25, 0.3) is 0 Å². The van der Waals surface area contributed by atoms with Crippen LogP contribution in [0.15, 0.2) is 264 Å². The molecular formula is C62H42N2O2. The largest absolute Gasteiger partial charge is 0.455 e. The summed E-state index contributed by atoms with van der Waals surface area (Å²) in [5.74, 6) is 1.60. The van der Waals surface area contributed by atoms with E-state index in [1.165, 1.54) is 0 Å². The molecule has 0 atom stereocenters. The van der Waals surface area contributed by atoms with Crippen LogP contribution in [0, 0.1) is 0 Å². The van der Waals surface area contributed by atoms with Crippen LogP contribution >= 0.6 is 0 Å². The number of para-hydroxylation sites is 4. The number of benzene rings is 10.